The molecule has 0 aromatic heterocycles. The third-order valence-corrected chi connectivity index (χ3v) is 3.36. The summed E-state index contributed by atoms with van der Waals surface area (Å²) < 4.78 is 19.2. The molecule has 0 saturated carbocycles. The Morgan fingerprint density at radius 3 is 2.47 bits per heavy atom. The van der Waals surface area contributed by atoms with Gasteiger partial charge in [-0.2, -0.15) is 0 Å². The summed E-state index contributed by atoms with van der Waals surface area (Å²) in [6, 6.07) is 4.96. The molecule has 0 fully saturated rings. The van der Waals surface area contributed by atoms with Crippen molar-refractivity contribution < 1.29 is 9.13 Å². The van der Waals surface area contributed by atoms with Gasteiger partial charge in [0.15, 0.2) is 0 Å². The molecule has 1 aromatic rings. The largest absolute Gasteiger partial charge is 0.360 e. The van der Waals surface area contributed by atoms with Crippen LogP contribution in [0.15, 0.2) is 18.2 Å². The lowest BCUT2D eigenvalue weighted by Crippen LogP contribution is -2.24. The maximum atomic E-state index is 13.2. The third kappa shape index (κ3) is 1.48. The molecule has 0 bridgehead atoms. The molecule has 15 heavy (non-hydrogen) atoms. The van der Waals surface area contributed by atoms with E-state index >= 15 is 0 Å². The second-order valence-electron chi connectivity index (χ2n) is 4.89. The van der Waals surface area contributed by atoms with Gasteiger partial charge in [-0.05, 0) is 50.5 Å². The number of hydrogen-bond donors (Lipinski definition) is 0. The summed E-state index contributed by atoms with van der Waals surface area (Å²) in [7, 11) is 0. The van der Waals surface area contributed by atoms with Crippen LogP contribution in [-0.2, 0) is 15.9 Å². The van der Waals surface area contributed by atoms with Crippen molar-refractivity contribution in [3.8, 4) is 0 Å². The van der Waals surface area contributed by atoms with Crippen LogP contribution in [-0.4, -0.2) is 0 Å². The van der Waals surface area contributed by atoms with Crippen molar-refractivity contribution in [2.24, 2.45) is 0 Å². The second-order valence-corrected chi connectivity index (χ2v) is 4.89. The first-order chi connectivity index (χ1) is 6.89. The minimum absolute atomic E-state index is 0.189. The summed E-state index contributed by atoms with van der Waals surface area (Å²) in [5, 5.41) is 0. The van der Waals surface area contributed by atoms with Crippen LogP contribution in [0.1, 0.15) is 45.2 Å². The number of fused-ring (bicyclic) bond motifs is 1. The molecule has 0 aliphatic carbocycles. The molecule has 0 N–H and O–H groups in total. The van der Waals surface area contributed by atoms with E-state index in [1.54, 1.807) is 6.07 Å². The zero-order chi connectivity index (χ0) is 11.3. The smallest absolute Gasteiger partial charge is 0.123 e. The molecule has 2 rings (SSSR count). The molecule has 1 atom stereocenters. The van der Waals surface area contributed by atoms with Crippen molar-refractivity contribution in [2.45, 2.75) is 45.3 Å². The van der Waals surface area contributed by atoms with Crippen LogP contribution in [0.4, 0.5) is 4.39 Å². The van der Waals surface area contributed by atoms with E-state index in [1.165, 1.54) is 6.07 Å². The Bertz CT molecular complexity index is 398. The topological polar surface area (TPSA) is 9.23 Å². The van der Waals surface area contributed by atoms with Gasteiger partial charge in [0.25, 0.3) is 0 Å². The standard InChI is InChI=1S/C13H17FO/c1-5-13(4)10-7-6-9(14)8-11(10)12(2,3)15-13/h6-8H,5H2,1-4H3. The first kappa shape index (κ1) is 10.6. The Hall–Kier alpha value is -0.890. The van der Waals surface area contributed by atoms with E-state index in [-0.39, 0.29) is 17.0 Å². The van der Waals surface area contributed by atoms with E-state index < -0.39 is 0 Å². The fourth-order valence-electron chi connectivity index (χ4n) is 2.41. The predicted octanol–water partition coefficient (Wildman–Crippen LogP) is 3.72. The number of ether oxygens (including phenoxy) is 1. The third-order valence-electron chi connectivity index (χ3n) is 3.36. The fraction of sp³-hybridized carbons (Fsp3) is 0.538. The van der Waals surface area contributed by atoms with Gasteiger partial charge >= 0.3 is 0 Å². The highest BCUT2D eigenvalue weighted by atomic mass is 19.1. The molecular weight excluding hydrogens is 191 g/mol. The molecule has 0 radical (unpaired) electrons. The Morgan fingerprint density at radius 1 is 1.20 bits per heavy atom. The quantitative estimate of drug-likeness (QED) is 0.683. The molecule has 1 aliphatic rings. The molecule has 1 unspecified atom stereocenters. The summed E-state index contributed by atoms with van der Waals surface area (Å²) >= 11 is 0. The molecule has 1 aliphatic heterocycles. The molecule has 82 valence electrons. The monoisotopic (exact) mass is 208 g/mol. The van der Waals surface area contributed by atoms with Gasteiger partial charge in [0.1, 0.15) is 5.82 Å². The first-order valence-electron chi connectivity index (χ1n) is 5.40. The average Bonchev–Trinajstić information content (AvgIpc) is 2.35. The molecule has 1 nitrogen and oxygen atoms in total. The average molecular weight is 208 g/mol. The zero-order valence-electron chi connectivity index (χ0n) is 9.73. The summed E-state index contributed by atoms with van der Waals surface area (Å²) in [6.07, 6.45) is 0.898. The number of benzene rings is 1. The van der Waals surface area contributed by atoms with Crippen LogP contribution in [0.5, 0.6) is 0 Å². The van der Waals surface area contributed by atoms with E-state index in [0.29, 0.717) is 0 Å². The summed E-state index contributed by atoms with van der Waals surface area (Å²) in [5.74, 6) is -0.189. The molecule has 0 spiro atoms. The lowest BCUT2D eigenvalue weighted by molar-refractivity contribution is -0.117. The van der Waals surface area contributed by atoms with E-state index in [9.17, 15) is 4.39 Å². The number of halogens is 1. The highest BCUT2D eigenvalue weighted by Gasteiger charge is 2.44. The van der Waals surface area contributed by atoms with Gasteiger partial charge in [-0.15, -0.1) is 0 Å². The molecule has 0 saturated heterocycles. The summed E-state index contributed by atoms with van der Waals surface area (Å²) in [4.78, 5) is 0. The van der Waals surface area contributed by atoms with Gasteiger partial charge < -0.3 is 4.74 Å². The van der Waals surface area contributed by atoms with Crippen LogP contribution in [0.25, 0.3) is 0 Å². The molecule has 1 heterocycles. The lowest BCUT2D eigenvalue weighted by Gasteiger charge is -2.27. The Morgan fingerprint density at radius 2 is 1.87 bits per heavy atom. The van der Waals surface area contributed by atoms with Gasteiger partial charge in [0, 0.05) is 0 Å². The van der Waals surface area contributed by atoms with Crippen molar-refractivity contribution in [1.29, 1.82) is 0 Å². The van der Waals surface area contributed by atoms with Crippen LogP contribution in [0, 0.1) is 5.82 Å². The second kappa shape index (κ2) is 3.05. The van der Waals surface area contributed by atoms with E-state index in [4.69, 9.17) is 4.74 Å². The minimum Gasteiger partial charge on any atom is -0.360 e. The number of rotatable bonds is 1. The maximum Gasteiger partial charge on any atom is 0.123 e. The maximum absolute atomic E-state index is 13.2. The van der Waals surface area contributed by atoms with Gasteiger partial charge in [0.05, 0.1) is 11.2 Å². The van der Waals surface area contributed by atoms with E-state index in [2.05, 4.69) is 13.8 Å². The van der Waals surface area contributed by atoms with Gasteiger partial charge in [-0.3, -0.25) is 0 Å². The van der Waals surface area contributed by atoms with Gasteiger partial charge in [-0.25, -0.2) is 4.39 Å². The number of hydrogen-bond acceptors (Lipinski definition) is 1. The lowest BCUT2D eigenvalue weighted by atomic mass is 9.88. The Kier molecular flexibility index (Phi) is 2.16. The Balaban J connectivity index is 2.63. The molecule has 2 heteroatoms. The SMILES string of the molecule is CCC1(C)OC(C)(C)c2cc(F)ccc21. The normalized spacial score (nSPS) is 27.8. The summed E-state index contributed by atoms with van der Waals surface area (Å²) in [5.41, 5.74) is 1.44. The van der Waals surface area contributed by atoms with Crippen molar-refractivity contribution >= 4 is 0 Å². The minimum atomic E-state index is -0.387. The Labute approximate surface area is 90.3 Å². The van der Waals surface area contributed by atoms with Crippen LogP contribution < -0.4 is 0 Å². The highest BCUT2D eigenvalue weighted by Crippen LogP contribution is 2.48. The highest BCUT2D eigenvalue weighted by molar-refractivity contribution is 5.40. The van der Waals surface area contributed by atoms with Crippen molar-refractivity contribution in [3.05, 3.63) is 35.1 Å². The van der Waals surface area contributed by atoms with Gasteiger partial charge in [0.2, 0.25) is 0 Å². The predicted molar refractivity (Wildman–Crippen MR) is 58.2 cm³/mol. The summed E-state index contributed by atoms with van der Waals surface area (Å²) in [6.45, 7) is 8.14. The van der Waals surface area contributed by atoms with E-state index in [0.717, 1.165) is 17.5 Å². The molecule has 1 aromatic carbocycles. The van der Waals surface area contributed by atoms with E-state index in [1.807, 2.05) is 19.9 Å². The van der Waals surface area contributed by atoms with Crippen LogP contribution >= 0.6 is 0 Å². The van der Waals surface area contributed by atoms with Crippen molar-refractivity contribution in [1.82, 2.24) is 0 Å². The molecule has 0 amide bonds. The van der Waals surface area contributed by atoms with Crippen molar-refractivity contribution in [3.63, 3.8) is 0 Å². The fourth-order valence-corrected chi connectivity index (χ4v) is 2.41. The van der Waals surface area contributed by atoms with Gasteiger partial charge in [-0.1, -0.05) is 13.0 Å². The molecular formula is C13H17FO. The van der Waals surface area contributed by atoms with Crippen LogP contribution in [0.3, 0.4) is 0 Å². The van der Waals surface area contributed by atoms with Crippen LogP contribution in [0.2, 0.25) is 0 Å². The zero-order valence-corrected chi connectivity index (χ0v) is 9.73. The first-order valence-corrected chi connectivity index (χ1v) is 5.40. The van der Waals surface area contributed by atoms with Crippen molar-refractivity contribution in [2.75, 3.05) is 0 Å².